The van der Waals surface area contributed by atoms with Crippen LogP contribution in [0.2, 0.25) is 5.02 Å². The van der Waals surface area contributed by atoms with E-state index in [4.69, 9.17) is 16.7 Å². The molecule has 6 heteroatoms. The normalized spacial score (nSPS) is 13.7. The van der Waals surface area contributed by atoms with Crippen LogP contribution in [0, 0.1) is 5.92 Å². The summed E-state index contributed by atoms with van der Waals surface area (Å²) in [6.45, 7) is 5.76. The quantitative estimate of drug-likeness (QED) is 0.812. The van der Waals surface area contributed by atoms with Crippen molar-refractivity contribution in [3.05, 3.63) is 28.8 Å². The number of aliphatic hydroxyl groups is 1. The number of rotatable bonds is 7. The van der Waals surface area contributed by atoms with Gasteiger partial charge in [-0.2, -0.15) is 0 Å². The molecule has 0 spiro atoms. The standard InChI is InChI=1S/C14H22ClNO3S/c1-4-11(5-2)10(3)16-20(18,19)13-7-6-12(9-17)14(15)8-13/h6-8,10-11,16-17H,4-5,9H2,1-3H3. The second-order valence-corrected chi connectivity index (χ2v) is 7.02. The highest BCUT2D eigenvalue weighted by Crippen LogP contribution is 2.22. The van der Waals surface area contributed by atoms with Gasteiger partial charge in [0.05, 0.1) is 11.5 Å². The van der Waals surface area contributed by atoms with E-state index >= 15 is 0 Å². The minimum Gasteiger partial charge on any atom is -0.392 e. The van der Waals surface area contributed by atoms with Crippen LogP contribution < -0.4 is 4.72 Å². The second kappa shape index (κ2) is 7.41. The van der Waals surface area contributed by atoms with Crippen LogP contribution in [0.25, 0.3) is 0 Å². The molecule has 0 aliphatic carbocycles. The van der Waals surface area contributed by atoms with E-state index in [9.17, 15) is 8.42 Å². The van der Waals surface area contributed by atoms with Crippen LogP contribution in [0.15, 0.2) is 23.1 Å². The highest BCUT2D eigenvalue weighted by molar-refractivity contribution is 7.89. The second-order valence-electron chi connectivity index (χ2n) is 4.90. The third-order valence-electron chi connectivity index (χ3n) is 3.60. The fourth-order valence-corrected chi connectivity index (χ4v) is 3.87. The van der Waals surface area contributed by atoms with Gasteiger partial charge >= 0.3 is 0 Å². The minimum atomic E-state index is -3.59. The summed E-state index contributed by atoms with van der Waals surface area (Å²) in [4.78, 5) is 0.123. The van der Waals surface area contributed by atoms with Crippen molar-refractivity contribution in [1.29, 1.82) is 0 Å². The first kappa shape index (κ1) is 17.4. The summed E-state index contributed by atoms with van der Waals surface area (Å²) in [7, 11) is -3.59. The van der Waals surface area contributed by atoms with Gasteiger partial charge in [0.1, 0.15) is 0 Å². The van der Waals surface area contributed by atoms with Gasteiger partial charge in [-0.15, -0.1) is 0 Å². The summed E-state index contributed by atoms with van der Waals surface area (Å²) in [5, 5.41) is 9.30. The van der Waals surface area contributed by atoms with Crippen molar-refractivity contribution in [2.45, 2.75) is 51.2 Å². The van der Waals surface area contributed by atoms with Crippen LogP contribution in [-0.4, -0.2) is 19.6 Å². The van der Waals surface area contributed by atoms with Gasteiger partial charge in [-0.25, -0.2) is 13.1 Å². The molecule has 20 heavy (non-hydrogen) atoms. The number of aliphatic hydroxyl groups excluding tert-OH is 1. The lowest BCUT2D eigenvalue weighted by molar-refractivity contribution is 0.282. The summed E-state index contributed by atoms with van der Waals surface area (Å²) >= 11 is 5.94. The average Bonchev–Trinajstić information content (AvgIpc) is 2.39. The monoisotopic (exact) mass is 319 g/mol. The van der Waals surface area contributed by atoms with Gasteiger partial charge in [0.15, 0.2) is 0 Å². The molecule has 0 amide bonds. The van der Waals surface area contributed by atoms with Crippen LogP contribution >= 0.6 is 11.6 Å². The van der Waals surface area contributed by atoms with Crippen molar-refractivity contribution in [2.24, 2.45) is 5.92 Å². The molecule has 2 N–H and O–H groups in total. The zero-order valence-corrected chi connectivity index (χ0v) is 13.6. The van der Waals surface area contributed by atoms with Crippen LogP contribution in [0.5, 0.6) is 0 Å². The van der Waals surface area contributed by atoms with Crippen molar-refractivity contribution in [3.63, 3.8) is 0 Å². The van der Waals surface area contributed by atoms with E-state index in [1.807, 2.05) is 20.8 Å². The topological polar surface area (TPSA) is 66.4 Å². The Bertz CT molecular complexity index is 541. The van der Waals surface area contributed by atoms with E-state index in [-0.39, 0.29) is 22.6 Å². The maximum Gasteiger partial charge on any atom is 0.240 e. The molecule has 0 saturated carbocycles. The van der Waals surface area contributed by atoms with Crippen molar-refractivity contribution in [2.75, 3.05) is 0 Å². The Morgan fingerprint density at radius 2 is 1.90 bits per heavy atom. The fraction of sp³-hybridized carbons (Fsp3) is 0.571. The molecule has 0 heterocycles. The van der Waals surface area contributed by atoms with Crippen molar-refractivity contribution < 1.29 is 13.5 Å². The van der Waals surface area contributed by atoms with Gasteiger partial charge in [0, 0.05) is 11.1 Å². The van der Waals surface area contributed by atoms with E-state index in [1.54, 1.807) is 0 Å². The van der Waals surface area contributed by atoms with Crippen LogP contribution in [-0.2, 0) is 16.6 Å². The number of halogens is 1. The van der Waals surface area contributed by atoms with Crippen LogP contribution in [0.4, 0.5) is 0 Å². The van der Waals surface area contributed by atoms with Gasteiger partial charge in [0.2, 0.25) is 10.0 Å². The maximum absolute atomic E-state index is 12.3. The molecule has 1 rings (SSSR count). The molecule has 0 aliphatic heterocycles. The first-order valence-electron chi connectivity index (χ1n) is 6.77. The third-order valence-corrected chi connectivity index (χ3v) is 5.51. The summed E-state index contributed by atoms with van der Waals surface area (Å²) in [5.74, 6) is 0.303. The molecule has 0 saturated heterocycles. The smallest absolute Gasteiger partial charge is 0.240 e. The summed E-state index contributed by atoms with van der Waals surface area (Å²) in [6, 6.07) is 4.22. The Kier molecular flexibility index (Phi) is 6.45. The number of sulfonamides is 1. The average molecular weight is 320 g/mol. The highest BCUT2D eigenvalue weighted by Gasteiger charge is 2.22. The molecule has 0 aliphatic rings. The molecule has 1 aromatic rings. The summed E-state index contributed by atoms with van der Waals surface area (Å²) in [5.41, 5.74) is 0.513. The van der Waals surface area contributed by atoms with Gasteiger partial charge in [0.25, 0.3) is 0 Å². The number of hydrogen-bond acceptors (Lipinski definition) is 3. The lowest BCUT2D eigenvalue weighted by atomic mass is 9.96. The predicted molar refractivity (Wildman–Crippen MR) is 81.2 cm³/mol. The Hall–Kier alpha value is -0.620. The molecular formula is C14H22ClNO3S. The molecule has 0 fully saturated rings. The number of hydrogen-bond donors (Lipinski definition) is 2. The molecule has 4 nitrogen and oxygen atoms in total. The van der Waals surface area contributed by atoms with E-state index in [0.29, 0.717) is 11.5 Å². The lowest BCUT2D eigenvalue weighted by Crippen LogP contribution is -2.37. The highest BCUT2D eigenvalue weighted by atomic mass is 35.5. The van der Waals surface area contributed by atoms with Crippen molar-refractivity contribution in [1.82, 2.24) is 4.72 Å². The first-order valence-corrected chi connectivity index (χ1v) is 8.63. The zero-order chi connectivity index (χ0) is 15.3. The summed E-state index contributed by atoms with van der Waals surface area (Å²) in [6.07, 6.45) is 1.84. The van der Waals surface area contributed by atoms with Crippen LogP contribution in [0.1, 0.15) is 39.2 Å². The molecule has 0 radical (unpaired) electrons. The van der Waals surface area contributed by atoms with E-state index < -0.39 is 10.0 Å². The molecule has 1 atom stereocenters. The van der Waals surface area contributed by atoms with Gasteiger partial charge in [-0.1, -0.05) is 44.4 Å². The Morgan fingerprint density at radius 1 is 1.30 bits per heavy atom. The van der Waals surface area contributed by atoms with Crippen LogP contribution in [0.3, 0.4) is 0 Å². The molecule has 0 aromatic heterocycles. The Morgan fingerprint density at radius 3 is 2.35 bits per heavy atom. The van der Waals surface area contributed by atoms with Crippen molar-refractivity contribution in [3.8, 4) is 0 Å². The first-order chi connectivity index (χ1) is 9.35. The molecule has 1 unspecified atom stereocenters. The van der Waals surface area contributed by atoms with Gasteiger partial charge in [-0.05, 0) is 30.5 Å². The molecule has 1 aromatic carbocycles. The SMILES string of the molecule is CCC(CC)C(C)NS(=O)(=O)c1ccc(CO)c(Cl)c1. The fourth-order valence-electron chi connectivity index (χ4n) is 2.23. The number of benzene rings is 1. The van der Waals surface area contributed by atoms with Crippen molar-refractivity contribution >= 4 is 21.6 Å². The van der Waals surface area contributed by atoms with Gasteiger partial charge in [-0.3, -0.25) is 0 Å². The molecular weight excluding hydrogens is 298 g/mol. The van der Waals surface area contributed by atoms with Gasteiger partial charge < -0.3 is 5.11 Å². The van der Waals surface area contributed by atoms with E-state index in [0.717, 1.165) is 12.8 Å². The minimum absolute atomic E-state index is 0.123. The predicted octanol–water partition coefficient (Wildman–Crippen LogP) is 2.94. The third kappa shape index (κ3) is 4.19. The Balaban J connectivity index is 2.97. The maximum atomic E-state index is 12.3. The molecule has 114 valence electrons. The largest absolute Gasteiger partial charge is 0.392 e. The summed E-state index contributed by atoms with van der Waals surface area (Å²) < 4.78 is 27.3. The zero-order valence-electron chi connectivity index (χ0n) is 12.1. The Labute approximate surface area is 126 Å². The van der Waals surface area contributed by atoms with E-state index in [1.165, 1.54) is 18.2 Å². The van der Waals surface area contributed by atoms with E-state index in [2.05, 4.69) is 4.72 Å². The lowest BCUT2D eigenvalue weighted by Gasteiger charge is -2.22. The number of nitrogens with one attached hydrogen (secondary N) is 1. The molecule has 0 bridgehead atoms.